The number of ether oxygens (including phenoxy) is 1. The number of anilines is 1. The van der Waals surface area contributed by atoms with Gasteiger partial charge in [0.15, 0.2) is 4.67 Å². The zero-order valence-corrected chi connectivity index (χ0v) is 13.2. The van der Waals surface area contributed by atoms with E-state index in [0.717, 1.165) is 12.1 Å². The molecule has 2 aromatic rings. The van der Waals surface area contributed by atoms with E-state index in [9.17, 15) is 12.8 Å². The number of methoxy groups -OCH3 is 1. The summed E-state index contributed by atoms with van der Waals surface area (Å²) in [6.07, 6.45) is 0. The standard InChI is InChI=1S/C12H11BrFNO5S/c1-19-7-2-3-9(14)10(4-7)15-21(17,18)11-5-8(6-16)20-12(11)13/h2-5,15-16H,6H2,1H3. The Balaban J connectivity index is 2.39. The van der Waals surface area contributed by atoms with Gasteiger partial charge in [0.1, 0.15) is 28.8 Å². The summed E-state index contributed by atoms with van der Waals surface area (Å²) < 4.78 is 50.0. The summed E-state index contributed by atoms with van der Waals surface area (Å²) in [4.78, 5) is -0.242. The molecular weight excluding hydrogens is 369 g/mol. The van der Waals surface area contributed by atoms with E-state index in [1.807, 2.05) is 0 Å². The Bertz CT molecular complexity index is 759. The van der Waals surface area contributed by atoms with Crippen molar-refractivity contribution in [1.82, 2.24) is 0 Å². The minimum absolute atomic E-state index is 0.0633. The highest BCUT2D eigenvalue weighted by Crippen LogP contribution is 2.29. The molecule has 0 bridgehead atoms. The number of rotatable bonds is 5. The summed E-state index contributed by atoms with van der Waals surface area (Å²) in [5.41, 5.74) is -0.256. The van der Waals surface area contributed by atoms with Crippen LogP contribution in [0.15, 0.2) is 38.2 Å². The maximum atomic E-state index is 13.7. The smallest absolute Gasteiger partial charge is 0.266 e. The van der Waals surface area contributed by atoms with Crippen molar-refractivity contribution in [1.29, 1.82) is 0 Å². The molecule has 1 aromatic heterocycles. The average Bonchev–Trinajstić information content (AvgIpc) is 2.83. The molecular formula is C12H11BrFNO5S. The minimum atomic E-state index is -4.08. The van der Waals surface area contributed by atoms with E-state index in [1.165, 1.54) is 19.2 Å². The molecule has 0 saturated heterocycles. The number of hydrogen-bond acceptors (Lipinski definition) is 5. The van der Waals surface area contributed by atoms with E-state index in [1.54, 1.807) is 0 Å². The Kier molecular flexibility index (Phi) is 4.55. The maximum absolute atomic E-state index is 13.7. The van der Waals surface area contributed by atoms with Crippen LogP contribution in [0, 0.1) is 5.82 Å². The number of nitrogens with one attached hydrogen (secondary N) is 1. The van der Waals surface area contributed by atoms with Crippen LogP contribution >= 0.6 is 15.9 Å². The van der Waals surface area contributed by atoms with Crippen LogP contribution in [0.1, 0.15) is 5.76 Å². The third-order valence-electron chi connectivity index (χ3n) is 2.57. The van der Waals surface area contributed by atoms with Crippen molar-refractivity contribution >= 4 is 31.6 Å². The van der Waals surface area contributed by atoms with Crippen LogP contribution in [0.4, 0.5) is 10.1 Å². The second-order valence-electron chi connectivity index (χ2n) is 3.96. The molecule has 0 unspecified atom stereocenters. The number of aliphatic hydroxyl groups is 1. The van der Waals surface area contributed by atoms with E-state index in [4.69, 9.17) is 14.3 Å². The van der Waals surface area contributed by atoms with Crippen molar-refractivity contribution < 1.29 is 27.1 Å². The van der Waals surface area contributed by atoms with Gasteiger partial charge in [0.05, 0.1) is 12.8 Å². The summed E-state index contributed by atoms with van der Waals surface area (Å²) in [6.45, 7) is -0.457. The Hall–Kier alpha value is -1.58. The first-order valence-corrected chi connectivity index (χ1v) is 7.90. The third-order valence-corrected chi connectivity index (χ3v) is 4.79. The predicted molar refractivity (Wildman–Crippen MR) is 76.1 cm³/mol. The third kappa shape index (κ3) is 3.36. The van der Waals surface area contributed by atoms with Gasteiger partial charge in [-0.2, -0.15) is 0 Å². The number of benzene rings is 1. The first kappa shape index (κ1) is 15.8. The van der Waals surface area contributed by atoms with Crippen molar-refractivity contribution in [2.75, 3.05) is 11.8 Å². The highest BCUT2D eigenvalue weighted by atomic mass is 79.9. The summed E-state index contributed by atoms with van der Waals surface area (Å²) in [5.74, 6) is -0.383. The first-order valence-electron chi connectivity index (χ1n) is 5.63. The lowest BCUT2D eigenvalue weighted by molar-refractivity contribution is 0.245. The van der Waals surface area contributed by atoms with Gasteiger partial charge in [-0.1, -0.05) is 0 Å². The summed E-state index contributed by atoms with van der Waals surface area (Å²) in [6, 6.07) is 4.81. The lowest BCUT2D eigenvalue weighted by Gasteiger charge is -2.09. The molecule has 0 aliphatic carbocycles. The van der Waals surface area contributed by atoms with Crippen molar-refractivity contribution in [2.24, 2.45) is 0 Å². The fourth-order valence-electron chi connectivity index (χ4n) is 1.57. The van der Waals surface area contributed by atoms with Gasteiger partial charge in [-0.15, -0.1) is 0 Å². The first-order chi connectivity index (χ1) is 9.87. The van der Waals surface area contributed by atoms with Gasteiger partial charge in [-0.05, 0) is 28.1 Å². The van der Waals surface area contributed by atoms with Gasteiger partial charge in [0.25, 0.3) is 10.0 Å². The van der Waals surface area contributed by atoms with Gasteiger partial charge < -0.3 is 14.3 Å². The van der Waals surface area contributed by atoms with Gasteiger partial charge in [-0.3, -0.25) is 4.72 Å². The van der Waals surface area contributed by atoms with Gasteiger partial charge >= 0.3 is 0 Å². The molecule has 1 aromatic carbocycles. The molecule has 0 fully saturated rings. The molecule has 21 heavy (non-hydrogen) atoms. The van der Waals surface area contributed by atoms with E-state index >= 15 is 0 Å². The predicted octanol–water partition coefficient (Wildman–Crippen LogP) is 2.48. The second-order valence-corrected chi connectivity index (χ2v) is 6.33. The zero-order chi connectivity index (χ0) is 15.6. The van der Waals surface area contributed by atoms with E-state index in [-0.39, 0.29) is 21.0 Å². The van der Waals surface area contributed by atoms with Gasteiger partial charge in [0, 0.05) is 12.1 Å². The number of aliphatic hydroxyl groups excluding tert-OH is 1. The molecule has 6 nitrogen and oxygen atoms in total. The molecule has 2 N–H and O–H groups in total. The van der Waals surface area contributed by atoms with Gasteiger partial charge in [-0.25, -0.2) is 12.8 Å². The number of furan rings is 1. The largest absolute Gasteiger partial charge is 0.497 e. The fraction of sp³-hybridized carbons (Fsp3) is 0.167. The van der Waals surface area contributed by atoms with Gasteiger partial charge in [0.2, 0.25) is 0 Å². The number of sulfonamides is 1. The highest BCUT2D eigenvalue weighted by molar-refractivity contribution is 9.10. The fourth-order valence-corrected chi connectivity index (χ4v) is 3.63. The molecule has 0 aliphatic rings. The van der Waals surface area contributed by atoms with Crippen LogP contribution in [0.25, 0.3) is 0 Å². The van der Waals surface area contributed by atoms with E-state index in [0.29, 0.717) is 5.75 Å². The van der Waals surface area contributed by atoms with Crippen LogP contribution in [-0.2, 0) is 16.6 Å². The average molecular weight is 380 g/mol. The zero-order valence-electron chi connectivity index (χ0n) is 10.8. The molecule has 0 saturated carbocycles. The van der Waals surface area contributed by atoms with Crippen LogP contribution in [0.3, 0.4) is 0 Å². The summed E-state index contributed by atoms with van der Waals surface area (Å²) >= 11 is 2.94. The molecule has 0 aliphatic heterocycles. The number of hydrogen-bond donors (Lipinski definition) is 2. The van der Waals surface area contributed by atoms with Crippen molar-refractivity contribution in [3.63, 3.8) is 0 Å². The van der Waals surface area contributed by atoms with E-state index in [2.05, 4.69) is 20.7 Å². The van der Waals surface area contributed by atoms with Crippen LogP contribution in [-0.4, -0.2) is 20.6 Å². The summed E-state index contributed by atoms with van der Waals surface area (Å²) in [7, 11) is -2.70. The number of halogens is 2. The minimum Gasteiger partial charge on any atom is -0.497 e. The quantitative estimate of drug-likeness (QED) is 0.832. The second kappa shape index (κ2) is 6.04. The lowest BCUT2D eigenvalue weighted by atomic mass is 10.3. The van der Waals surface area contributed by atoms with Crippen molar-refractivity contribution in [3.05, 3.63) is 40.5 Å². The molecule has 9 heteroatoms. The Morgan fingerprint density at radius 2 is 2.14 bits per heavy atom. The molecule has 0 spiro atoms. The Morgan fingerprint density at radius 3 is 2.71 bits per heavy atom. The molecule has 2 rings (SSSR count). The van der Waals surface area contributed by atoms with Crippen LogP contribution < -0.4 is 9.46 Å². The molecule has 0 amide bonds. The van der Waals surface area contributed by atoms with Crippen molar-refractivity contribution in [2.45, 2.75) is 11.5 Å². The topological polar surface area (TPSA) is 88.8 Å². The molecule has 114 valence electrons. The van der Waals surface area contributed by atoms with Crippen LogP contribution in [0.5, 0.6) is 5.75 Å². The summed E-state index contributed by atoms with van der Waals surface area (Å²) in [5, 5.41) is 8.94. The normalized spacial score (nSPS) is 11.4. The Morgan fingerprint density at radius 1 is 1.43 bits per heavy atom. The van der Waals surface area contributed by atoms with E-state index < -0.39 is 22.4 Å². The molecule has 0 radical (unpaired) electrons. The van der Waals surface area contributed by atoms with Crippen molar-refractivity contribution in [3.8, 4) is 5.75 Å². The maximum Gasteiger partial charge on any atom is 0.266 e. The Labute approximate surface area is 128 Å². The van der Waals surface area contributed by atoms with Crippen LogP contribution in [0.2, 0.25) is 0 Å². The molecule has 0 atom stereocenters. The monoisotopic (exact) mass is 379 g/mol. The highest BCUT2D eigenvalue weighted by Gasteiger charge is 2.23. The lowest BCUT2D eigenvalue weighted by Crippen LogP contribution is -2.13. The SMILES string of the molecule is COc1ccc(F)c(NS(=O)(=O)c2cc(CO)oc2Br)c1. The molecule has 1 heterocycles.